The molecule has 0 heterocycles. The maximum atomic E-state index is 9.80. The highest BCUT2D eigenvalue weighted by molar-refractivity contribution is 6.18. The van der Waals surface area contributed by atoms with Gasteiger partial charge in [-0.05, 0) is 6.42 Å². The van der Waals surface area contributed by atoms with Crippen LogP contribution in [-0.2, 0) is 0 Å². The molecule has 5 heteroatoms. The Kier molecular flexibility index (Phi) is 8.98. The maximum Gasteiger partial charge on any atom is 0.115 e. The van der Waals surface area contributed by atoms with E-state index in [1.807, 2.05) is 0 Å². The Balaban J connectivity index is 3.66. The smallest absolute Gasteiger partial charge is 0.115 e. The van der Waals surface area contributed by atoms with Gasteiger partial charge in [0.2, 0.25) is 0 Å². The molecule has 1 N–H and O–H groups in total. The van der Waals surface area contributed by atoms with Crippen molar-refractivity contribution in [3.8, 4) is 0 Å². The van der Waals surface area contributed by atoms with E-state index >= 15 is 0 Å². The van der Waals surface area contributed by atoms with Crippen molar-refractivity contribution in [2.75, 3.05) is 19.1 Å². The number of alkyl halides is 1. The zero-order valence-electron chi connectivity index (χ0n) is 7.92. The van der Waals surface area contributed by atoms with E-state index in [1.165, 1.54) is 0 Å². The van der Waals surface area contributed by atoms with Gasteiger partial charge in [0.25, 0.3) is 0 Å². The van der Waals surface area contributed by atoms with Gasteiger partial charge in [0.1, 0.15) is 6.00 Å². The zero-order valence-corrected chi connectivity index (χ0v) is 8.68. The van der Waals surface area contributed by atoms with Crippen LogP contribution in [0.3, 0.4) is 0 Å². The minimum absolute atomic E-state index is 0.264. The van der Waals surface area contributed by atoms with Crippen molar-refractivity contribution < 1.29 is 0 Å². The summed E-state index contributed by atoms with van der Waals surface area (Å²) in [6.07, 6.45) is 3.09. The zero-order chi connectivity index (χ0) is 9.94. The van der Waals surface area contributed by atoms with Gasteiger partial charge in [0.05, 0.1) is 12.4 Å². The molecule has 76 valence electrons. The number of nitrogens with zero attached hydrogens (tertiary/aromatic N) is 2. The number of rotatable bonds is 7. The molecular formula is C8H16ClN3O. The van der Waals surface area contributed by atoms with Crippen LogP contribution in [0.1, 0.15) is 26.2 Å². The molecule has 0 radical (unpaired) electrons. The average Bonchev–Trinajstić information content (AvgIpc) is 2.14. The molecule has 0 aromatic carbocycles. The average molecular weight is 206 g/mol. The van der Waals surface area contributed by atoms with E-state index in [1.54, 1.807) is 0 Å². The second-order valence-electron chi connectivity index (χ2n) is 2.61. The van der Waals surface area contributed by atoms with E-state index in [4.69, 9.17) is 11.6 Å². The van der Waals surface area contributed by atoms with E-state index in [-0.39, 0.29) is 12.5 Å². The summed E-state index contributed by atoms with van der Waals surface area (Å²) < 4.78 is 0. The molecule has 0 amide bonds. The van der Waals surface area contributed by atoms with Crippen molar-refractivity contribution in [1.82, 2.24) is 5.32 Å². The molecule has 0 aromatic heterocycles. The van der Waals surface area contributed by atoms with Gasteiger partial charge >= 0.3 is 0 Å². The van der Waals surface area contributed by atoms with Crippen LogP contribution in [-0.4, -0.2) is 24.9 Å². The fourth-order valence-corrected chi connectivity index (χ4v) is 1.03. The topological polar surface area (TPSA) is 53.8 Å². The van der Waals surface area contributed by atoms with Crippen LogP contribution in [0, 0.1) is 4.91 Å². The largest absolute Gasteiger partial charge is 0.372 e. The lowest BCUT2D eigenvalue weighted by molar-refractivity contribution is 0.786. The highest BCUT2D eigenvalue weighted by atomic mass is 35.5. The highest BCUT2D eigenvalue weighted by Gasteiger charge is 1.96. The van der Waals surface area contributed by atoms with Gasteiger partial charge in [0.15, 0.2) is 0 Å². The molecule has 0 atom stereocenters. The minimum Gasteiger partial charge on any atom is -0.372 e. The third-order valence-corrected chi connectivity index (χ3v) is 1.67. The third-order valence-electron chi connectivity index (χ3n) is 1.55. The molecule has 0 aliphatic rings. The van der Waals surface area contributed by atoms with Crippen molar-refractivity contribution in [3.05, 3.63) is 4.91 Å². The van der Waals surface area contributed by atoms with Crippen LogP contribution in [0.15, 0.2) is 10.2 Å². The van der Waals surface area contributed by atoms with Crippen molar-refractivity contribution in [2.24, 2.45) is 10.2 Å². The van der Waals surface area contributed by atoms with E-state index < -0.39 is 0 Å². The van der Waals surface area contributed by atoms with Gasteiger partial charge in [-0.3, -0.25) is 4.99 Å². The minimum atomic E-state index is 0.264. The number of hydrogen-bond acceptors (Lipinski definition) is 3. The van der Waals surface area contributed by atoms with E-state index in [0.717, 1.165) is 25.1 Å². The van der Waals surface area contributed by atoms with Crippen molar-refractivity contribution in [2.45, 2.75) is 26.2 Å². The second kappa shape index (κ2) is 9.45. The predicted molar refractivity (Wildman–Crippen MR) is 56.3 cm³/mol. The number of aliphatic imine (C=N–C) groups is 1. The summed E-state index contributed by atoms with van der Waals surface area (Å²) in [6, 6.07) is 0.264. The predicted octanol–water partition coefficient (Wildman–Crippen LogP) is 2.13. The van der Waals surface area contributed by atoms with E-state index in [2.05, 4.69) is 22.4 Å². The lowest BCUT2D eigenvalue weighted by Gasteiger charge is -2.06. The monoisotopic (exact) mass is 205 g/mol. The van der Waals surface area contributed by atoms with Crippen LogP contribution in [0.5, 0.6) is 0 Å². The highest BCUT2D eigenvalue weighted by Crippen LogP contribution is 1.95. The summed E-state index contributed by atoms with van der Waals surface area (Å²) in [5.74, 6) is 0.875. The molecule has 13 heavy (non-hydrogen) atoms. The Labute approximate surface area is 83.7 Å². The Morgan fingerprint density at radius 1 is 1.54 bits per heavy atom. The molecule has 0 aliphatic heterocycles. The lowest BCUT2D eigenvalue weighted by atomic mass is 10.2. The summed E-state index contributed by atoms with van der Waals surface area (Å²) in [5.41, 5.74) is 0. The third kappa shape index (κ3) is 7.71. The first-order valence-corrected chi connectivity index (χ1v) is 5.00. The molecule has 0 rings (SSSR count). The van der Waals surface area contributed by atoms with Gasteiger partial charge in [-0.25, -0.2) is 0 Å². The van der Waals surface area contributed by atoms with Crippen molar-refractivity contribution >= 4 is 17.4 Å². The molecular weight excluding hydrogens is 190 g/mol. The number of nitrogens with one attached hydrogen (secondary N) is 1. The summed E-state index contributed by atoms with van der Waals surface area (Å²) in [5, 5.41) is 5.78. The van der Waals surface area contributed by atoms with Gasteiger partial charge < -0.3 is 5.32 Å². The molecule has 0 aliphatic carbocycles. The number of halogens is 1. The Bertz CT molecular complexity index is 161. The van der Waals surface area contributed by atoms with E-state index in [0.29, 0.717) is 6.54 Å². The quantitative estimate of drug-likeness (QED) is 0.173. The standard InChI is InChI=1S/C8H16ClN3O/c1-2-3-4-8(11-7-9)10-5-6-12-13/h2-7H2,1H3,(H,10,11). The Morgan fingerprint density at radius 3 is 2.85 bits per heavy atom. The van der Waals surface area contributed by atoms with E-state index in [9.17, 15) is 4.91 Å². The number of amidine groups is 1. The SMILES string of the molecule is CCCC/C(=N/CCl)NCCN=O. The summed E-state index contributed by atoms with van der Waals surface area (Å²) in [7, 11) is 0. The number of hydrogen-bond donors (Lipinski definition) is 1. The fourth-order valence-electron chi connectivity index (χ4n) is 0.886. The van der Waals surface area contributed by atoms with Gasteiger partial charge in [-0.2, -0.15) is 4.91 Å². The molecule has 0 spiro atoms. The second-order valence-corrected chi connectivity index (χ2v) is 2.85. The molecule has 0 fully saturated rings. The van der Waals surface area contributed by atoms with Gasteiger partial charge in [-0.1, -0.05) is 18.5 Å². The Morgan fingerprint density at radius 2 is 2.31 bits per heavy atom. The summed E-state index contributed by atoms with van der Waals surface area (Å²) in [4.78, 5) is 13.9. The van der Waals surface area contributed by atoms with Crippen LogP contribution in [0.25, 0.3) is 0 Å². The van der Waals surface area contributed by atoms with Crippen LogP contribution in [0.4, 0.5) is 0 Å². The summed E-state index contributed by atoms with van der Waals surface area (Å²) >= 11 is 5.48. The first-order chi connectivity index (χ1) is 6.35. The molecule has 0 unspecified atom stereocenters. The van der Waals surface area contributed by atoms with Crippen molar-refractivity contribution in [3.63, 3.8) is 0 Å². The van der Waals surface area contributed by atoms with Gasteiger partial charge in [0, 0.05) is 13.0 Å². The normalized spacial score (nSPS) is 11.4. The maximum absolute atomic E-state index is 9.80. The molecule has 4 nitrogen and oxygen atoms in total. The number of nitroso groups, excluding NO2 is 1. The first kappa shape index (κ1) is 12.4. The molecule has 0 saturated heterocycles. The fraction of sp³-hybridized carbons (Fsp3) is 0.875. The first-order valence-electron chi connectivity index (χ1n) is 4.47. The number of unbranched alkanes of at least 4 members (excludes halogenated alkanes) is 1. The molecule has 0 aromatic rings. The molecule has 0 bridgehead atoms. The lowest BCUT2D eigenvalue weighted by Crippen LogP contribution is -2.26. The van der Waals surface area contributed by atoms with Crippen LogP contribution < -0.4 is 5.32 Å². The van der Waals surface area contributed by atoms with Crippen molar-refractivity contribution in [1.29, 1.82) is 0 Å². The Hall–Kier alpha value is -0.640. The van der Waals surface area contributed by atoms with Crippen LogP contribution in [0.2, 0.25) is 0 Å². The van der Waals surface area contributed by atoms with Crippen LogP contribution >= 0.6 is 11.6 Å². The van der Waals surface area contributed by atoms with Gasteiger partial charge in [-0.15, -0.1) is 11.6 Å². The molecule has 0 saturated carbocycles. The summed E-state index contributed by atoms with van der Waals surface area (Å²) in [6.45, 7) is 2.93.